The number of aryl methyl sites for hydroxylation is 1. The van der Waals surface area contributed by atoms with Gasteiger partial charge in [0.25, 0.3) is 5.91 Å². The monoisotopic (exact) mass is 441 g/mol. The van der Waals surface area contributed by atoms with Crippen LogP contribution in [0.1, 0.15) is 61.3 Å². The number of aliphatic imine (C=N–C) groups is 1. The van der Waals surface area contributed by atoms with Crippen LogP contribution in [0.2, 0.25) is 5.02 Å². The number of benzene rings is 2. The summed E-state index contributed by atoms with van der Waals surface area (Å²) in [5.74, 6) is -1.63. The smallest absolute Gasteiger partial charge is 0.275 e. The first kappa shape index (κ1) is 21.5. The van der Waals surface area contributed by atoms with Crippen molar-refractivity contribution in [3.05, 3.63) is 70.0 Å². The Morgan fingerprint density at radius 2 is 1.77 bits per heavy atom. The van der Waals surface area contributed by atoms with Gasteiger partial charge in [0.05, 0.1) is 5.02 Å². The van der Waals surface area contributed by atoms with Gasteiger partial charge >= 0.3 is 0 Å². The molecule has 2 amide bonds. The molecule has 2 aromatic carbocycles. The van der Waals surface area contributed by atoms with E-state index in [9.17, 15) is 14.0 Å². The molecule has 2 aromatic rings. The molecule has 0 bridgehead atoms. The number of carbonyl (C=O) groups is 2. The SMILES string of the molecule is Cc1ccc(C2=NC3(CCCCCC3)N(C(C(N)=O)c3ccc(F)c(Cl)c3)C2=O)cc1. The van der Waals surface area contributed by atoms with E-state index in [1.165, 1.54) is 23.1 Å². The summed E-state index contributed by atoms with van der Waals surface area (Å²) in [6.07, 6.45) is 5.17. The van der Waals surface area contributed by atoms with Crippen LogP contribution in [-0.4, -0.2) is 28.1 Å². The minimum Gasteiger partial charge on any atom is -0.368 e. The van der Waals surface area contributed by atoms with E-state index in [1.54, 1.807) is 0 Å². The lowest BCUT2D eigenvalue weighted by molar-refractivity contribution is -0.140. The summed E-state index contributed by atoms with van der Waals surface area (Å²) in [6.45, 7) is 1.97. The molecule has 0 aromatic heterocycles. The third-order valence-corrected chi connectivity index (χ3v) is 6.50. The molecule has 5 nitrogen and oxygen atoms in total. The molecule has 1 aliphatic heterocycles. The lowest BCUT2D eigenvalue weighted by Gasteiger charge is -2.40. The van der Waals surface area contributed by atoms with Gasteiger partial charge in [0, 0.05) is 5.56 Å². The Morgan fingerprint density at radius 3 is 2.35 bits per heavy atom. The van der Waals surface area contributed by atoms with E-state index in [4.69, 9.17) is 22.3 Å². The standard InChI is InChI=1S/C24H25ClFN3O2/c1-15-6-8-16(9-7-15)20-23(31)29(24(28-20)12-4-2-3-5-13-24)21(22(27)30)17-10-11-19(26)18(25)14-17/h6-11,14,21H,2-5,12-13H2,1H3,(H2,27,30). The molecule has 0 radical (unpaired) electrons. The fourth-order valence-corrected chi connectivity index (χ4v) is 4.83. The van der Waals surface area contributed by atoms with Crippen molar-refractivity contribution in [1.29, 1.82) is 0 Å². The summed E-state index contributed by atoms with van der Waals surface area (Å²) in [5.41, 5.74) is 7.46. The predicted octanol–water partition coefficient (Wildman–Crippen LogP) is 4.70. The van der Waals surface area contributed by atoms with E-state index in [2.05, 4.69) is 0 Å². The Labute approximate surface area is 186 Å². The molecule has 1 spiro atoms. The molecule has 4 rings (SSSR count). The predicted molar refractivity (Wildman–Crippen MR) is 118 cm³/mol. The Hall–Kier alpha value is -2.73. The number of hydrogen-bond donors (Lipinski definition) is 1. The van der Waals surface area contributed by atoms with Gasteiger partial charge in [-0.1, -0.05) is 60.3 Å². The third-order valence-electron chi connectivity index (χ3n) is 6.21. The second-order valence-electron chi connectivity index (χ2n) is 8.38. The quantitative estimate of drug-likeness (QED) is 0.746. The van der Waals surface area contributed by atoms with Crippen molar-refractivity contribution in [2.75, 3.05) is 0 Å². The van der Waals surface area contributed by atoms with E-state index in [0.717, 1.165) is 31.2 Å². The Morgan fingerprint density at radius 1 is 1.13 bits per heavy atom. The summed E-state index contributed by atoms with van der Waals surface area (Å²) in [4.78, 5) is 32.9. The van der Waals surface area contributed by atoms with Crippen molar-refractivity contribution in [2.45, 2.75) is 57.2 Å². The van der Waals surface area contributed by atoms with Gasteiger partial charge in [-0.3, -0.25) is 19.5 Å². The minimum absolute atomic E-state index is 0.120. The van der Waals surface area contributed by atoms with Crippen molar-refractivity contribution in [1.82, 2.24) is 4.90 Å². The number of rotatable bonds is 4. The number of hydrogen-bond acceptors (Lipinski definition) is 3. The van der Waals surface area contributed by atoms with Crippen LogP contribution in [0.5, 0.6) is 0 Å². The zero-order chi connectivity index (χ0) is 22.2. The molecular weight excluding hydrogens is 417 g/mol. The van der Waals surface area contributed by atoms with Gasteiger partial charge in [0.2, 0.25) is 5.91 Å². The van der Waals surface area contributed by atoms with Crippen LogP contribution in [0.15, 0.2) is 47.5 Å². The topological polar surface area (TPSA) is 75.8 Å². The van der Waals surface area contributed by atoms with Gasteiger partial charge in [-0.15, -0.1) is 0 Å². The summed E-state index contributed by atoms with van der Waals surface area (Å²) in [7, 11) is 0. The molecule has 1 aliphatic carbocycles. The number of nitrogens with zero attached hydrogens (tertiary/aromatic N) is 2. The number of amides is 2. The lowest BCUT2D eigenvalue weighted by Crippen LogP contribution is -2.52. The first-order chi connectivity index (χ1) is 14.8. The van der Waals surface area contributed by atoms with Crippen LogP contribution < -0.4 is 5.73 Å². The first-order valence-corrected chi connectivity index (χ1v) is 10.9. The van der Waals surface area contributed by atoms with Crippen molar-refractivity contribution >= 4 is 29.1 Å². The van der Waals surface area contributed by atoms with Gasteiger partial charge in [-0.05, 0) is 50.3 Å². The van der Waals surface area contributed by atoms with Crippen molar-refractivity contribution in [2.24, 2.45) is 10.7 Å². The Kier molecular flexibility index (Phi) is 5.84. The van der Waals surface area contributed by atoms with E-state index in [-0.39, 0.29) is 10.9 Å². The molecule has 7 heteroatoms. The summed E-state index contributed by atoms with van der Waals surface area (Å²) < 4.78 is 13.8. The molecule has 2 aliphatic rings. The highest BCUT2D eigenvalue weighted by Crippen LogP contribution is 2.43. The molecule has 1 saturated carbocycles. The van der Waals surface area contributed by atoms with E-state index in [1.807, 2.05) is 31.2 Å². The zero-order valence-electron chi connectivity index (χ0n) is 17.4. The number of nitrogens with two attached hydrogens (primary N) is 1. The van der Waals surface area contributed by atoms with E-state index >= 15 is 0 Å². The van der Waals surface area contributed by atoms with Gasteiger partial charge in [0.15, 0.2) is 0 Å². The molecule has 31 heavy (non-hydrogen) atoms. The molecule has 1 fully saturated rings. The maximum atomic E-state index is 13.8. The maximum absolute atomic E-state index is 13.8. The molecule has 1 unspecified atom stereocenters. The van der Waals surface area contributed by atoms with Crippen LogP contribution in [0.25, 0.3) is 0 Å². The largest absolute Gasteiger partial charge is 0.368 e. The van der Waals surface area contributed by atoms with Crippen LogP contribution in [0, 0.1) is 12.7 Å². The van der Waals surface area contributed by atoms with Crippen LogP contribution in [0.3, 0.4) is 0 Å². The van der Waals surface area contributed by atoms with Crippen molar-refractivity contribution in [3.63, 3.8) is 0 Å². The Bertz CT molecular complexity index is 1040. The fraction of sp³-hybridized carbons (Fsp3) is 0.375. The highest BCUT2D eigenvalue weighted by Gasteiger charge is 2.51. The van der Waals surface area contributed by atoms with Crippen LogP contribution >= 0.6 is 11.6 Å². The minimum atomic E-state index is -1.09. The van der Waals surface area contributed by atoms with E-state index < -0.39 is 23.4 Å². The summed E-state index contributed by atoms with van der Waals surface area (Å²) >= 11 is 5.99. The molecule has 162 valence electrons. The molecule has 0 saturated heterocycles. The van der Waals surface area contributed by atoms with Gasteiger partial charge in [-0.25, -0.2) is 4.39 Å². The Balaban J connectivity index is 1.84. The molecule has 1 atom stereocenters. The zero-order valence-corrected chi connectivity index (χ0v) is 18.2. The number of halogens is 2. The normalized spacial score (nSPS) is 19.3. The number of primary amides is 1. The average molecular weight is 442 g/mol. The van der Waals surface area contributed by atoms with Crippen molar-refractivity contribution < 1.29 is 14.0 Å². The van der Waals surface area contributed by atoms with Gasteiger partial charge in [0.1, 0.15) is 23.2 Å². The lowest BCUT2D eigenvalue weighted by atomic mass is 9.94. The maximum Gasteiger partial charge on any atom is 0.275 e. The summed E-state index contributed by atoms with van der Waals surface area (Å²) in [6, 6.07) is 10.5. The van der Waals surface area contributed by atoms with E-state index in [0.29, 0.717) is 29.7 Å². The highest BCUT2D eigenvalue weighted by molar-refractivity contribution is 6.47. The molecule has 2 N–H and O–H groups in total. The van der Waals surface area contributed by atoms with Gasteiger partial charge in [-0.2, -0.15) is 0 Å². The van der Waals surface area contributed by atoms with Gasteiger partial charge < -0.3 is 5.73 Å². The fourth-order valence-electron chi connectivity index (χ4n) is 4.64. The second-order valence-corrected chi connectivity index (χ2v) is 8.78. The van der Waals surface area contributed by atoms with Crippen LogP contribution in [-0.2, 0) is 9.59 Å². The highest BCUT2D eigenvalue weighted by atomic mass is 35.5. The summed E-state index contributed by atoms with van der Waals surface area (Å²) in [5, 5.41) is -0.120. The average Bonchev–Trinajstić information content (AvgIpc) is 2.88. The van der Waals surface area contributed by atoms with Crippen molar-refractivity contribution in [3.8, 4) is 0 Å². The second kappa shape index (κ2) is 8.42. The molecular formula is C24H25ClFN3O2. The number of carbonyl (C=O) groups excluding carboxylic acids is 2. The molecule has 1 heterocycles. The third kappa shape index (κ3) is 3.97. The van der Waals surface area contributed by atoms with Crippen LogP contribution in [0.4, 0.5) is 4.39 Å². The first-order valence-electron chi connectivity index (χ1n) is 10.6.